The molecule has 24 nitrogen and oxygen atoms in total. The number of hydrogen-bond acceptors (Lipinski definition) is 13. The fraction of sp³-hybridized carbons (Fsp3) is 0.550. The van der Waals surface area contributed by atoms with Gasteiger partial charge in [-0.25, -0.2) is 4.98 Å². The minimum Gasteiger partial charge on any atom is -0.368 e. The Morgan fingerprint density at radius 2 is 1.18 bits per heavy atom. The Kier molecular flexibility index (Phi) is 32.0. The number of carbonyl (C=O) groups is 9. The van der Waals surface area contributed by atoms with Gasteiger partial charge in [-0.15, -0.1) is 0 Å². The van der Waals surface area contributed by atoms with E-state index in [9.17, 15) is 43.2 Å². The normalized spacial score (nSPS) is 13.3. The summed E-state index contributed by atoms with van der Waals surface area (Å²) in [4.78, 5) is 131. The van der Waals surface area contributed by atoms with Crippen LogP contribution in [0.1, 0.15) is 147 Å². The molecule has 2 heterocycles. The molecule has 4 rings (SSSR count). The molecule has 0 unspecified atom stereocenters. The Balaban J connectivity index is 1.33. The topological polar surface area (TPSA) is 371 Å². The van der Waals surface area contributed by atoms with Crippen LogP contribution >= 0.6 is 0 Å². The number of nitrogens with one attached hydrogen (secondary N) is 11. The lowest BCUT2D eigenvalue weighted by Gasteiger charge is -2.27. The summed E-state index contributed by atoms with van der Waals surface area (Å²) in [5.41, 5.74) is 16.8. The molecule has 0 bridgehead atoms. The largest absolute Gasteiger partial charge is 0.368 e. The van der Waals surface area contributed by atoms with Gasteiger partial charge >= 0.3 is 0 Å². The first-order valence-corrected chi connectivity index (χ1v) is 29.8. The smallest absolute Gasteiger partial charge is 0.264 e. The predicted octanol–water partition coefficient (Wildman–Crippen LogP) is 2.77. The summed E-state index contributed by atoms with van der Waals surface area (Å²) in [6, 6.07) is 9.13. The molecule has 4 aromatic rings. The molecule has 460 valence electrons. The van der Waals surface area contributed by atoms with Crippen molar-refractivity contribution in [1.29, 1.82) is 0 Å². The number of unbranched alkanes of at least 4 members (excludes halogenated alkanes) is 10. The van der Waals surface area contributed by atoms with Gasteiger partial charge in [0.1, 0.15) is 49.0 Å². The first-order valence-electron chi connectivity index (χ1n) is 29.8. The molecule has 24 heteroatoms. The van der Waals surface area contributed by atoms with Crippen LogP contribution < -0.4 is 59.4 Å². The number of aromatic nitrogens is 3. The van der Waals surface area contributed by atoms with Gasteiger partial charge in [-0.05, 0) is 69.2 Å². The van der Waals surface area contributed by atoms with E-state index in [0.29, 0.717) is 69.4 Å². The highest BCUT2D eigenvalue weighted by Crippen LogP contribution is 2.20. The molecule has 0 spiro atoms. The third kappa shape index (κ3) is 26.4. The maximum Gasteiger partial charge on any atom is 0.264 e. The summed E-state index contributed by atoms with van der Waals surface area (Å²) < 4.78 is 0. The third-order valence-corrected chi connectivity index (χ3v) is 14.1. The van der Waals surface area contributed by atoms with Crippen LogP contribution in [0.25, 0.3) is 10.9 Å². The van der Waals surface area contributed by atoms with E-state index in [1.54, 1.807) is 36.5 Å². The monoisotopic (exact) mass is 1170 g/mol. The molecule has 0 saturated heterocycles. The number of carbonyl (C=O) groups excluding carboxylic acids is 9. The summed E-state index contributed by atoms with van der Waals surface area (Å²) in [6.45, 7) is 6.21. The zero-order valence-corrected chi connectivity index (χ0v) is 49.2. The number of aromatic amines is 2. The van der Waals surface area contributed by atoms with Crippen molar-refractivity contribution >= 4 is 70.3 Å². The van der Waals surface area contributed by atoms with E-state index in [0.717, 1.165) is 41.9 Å². The lowest BCUT2D eigenvalue weighted by atomic mass is 10.0. The van der Waals surface area contributed by atoms with E-state index >= 15 is 0 Å². The highest BCUT2D eigenvalue weighted by molar-refractivity contribution is 6.26. The zero-order valence-electron chi connectivity index (χ0n) is 49.2. The van der Waals surface area contributed by atoms with E-state index in [-0.39, 0.29) is 44.6 Å². The molecule has 84 heavy (non-hydrogen) atoms. The lowest BCUT2D eigenvalue weighted by Crippen LogP contribution is -2.60. The van der Waals surface area contributed by atoms with Crippen molar-refractivity contribution in [1.82, 2.24) is 62.9 Å². The Morgan fingerprint density at radius 3 is 1.87 bits per heavy atom. The molecule has 0 aliphatic rings. The molecule has 2 aromatic heterocycles. The van der Waals surface area contributed by atoms with Gasteiger partial charge in [0.25, 0.3) is 5.91 Å². The van der Waals surface area contributed by atoms with Crippen LogP contribution in [-0.4, -0.2) is 137 Å². The van der Waals surface area contributed by atoms with Gasteiger partial charge in [0.15, 0.2) is 0 Å². The summed E-state index contributed by atoms with van der Waals surface area (Å²) in [7, 11) is 0. The minimum absolute atomic E-state index is 0.00523. The maximum absolute atomic E-state index is 14.4. The van der Waals surface area contributed by atoms with E-state index in [1.165, 1.54) is 58.0 Å². The van der Waals surface area contributed by atoms with Crippen LogP contribution in [0.4, 0.5) is 0 Å². The molecule has 6 atom stereocenters. The molecule has 15 N–H and O–H groups in total. The van der Waals surface area contributed by atoms with Gasteiger partial charge in [0.2, 0.25) is 47.3 Å². The van der Waals surface area contributed by atoms with Crippen molar-refractivity contribution in [2.75, 3.05) is 26.2 Å². The fourth-order valence-electron chi connectivity index (χ4n) is 9.28. The summed E-state index contributed by atoms with van der Waals surface area (Å²) in [6.07, 6.45) is 19.7. The van der Waals surface area contributed by atoms with Gasteiger partial charge in [-0.2, -0.15) is 5.10 Å². The summed E-state index contributed by atoms with van der Waals surface area (Å²) in [5.74, 6) is -5.49. The molecule has 0 fully saturated rings. The molecular formula is C60H91N15O9. The number of primary amides is 1. The number of para-hydroxylation sites is 1. The Hall–Kier alpha value is -8.15. The SMILES string of the molecule is CCCCCCCCCCCC(=O)NCCCNC(=O)/C=N/NCC(=O)N[C@@H](CCCC)C(=O)N[C@@H](C)C(=O)N[C@@H](Cc1cnc[nH]1)C(=O)N[C@H](Cc1ccccc1)C(=O)N[C@@H](CCCCN)C(=O)N[C@@H](Cc1c[nH]c2ccccc12)C(N)=O. The molecule has 2 aromatic carbocycles. The first-order chi connectivity index (χ1) is 40.6. The van der Waals surface area contributed by atoms with Crippen LogP contribution in [0, 0.1) is 0 Å². The fourth-order valence-corrected chi connectivity index (χ4v) is 9.28. The highest BCUT2D eigenvalue weighted by Gasteiger charge is 2.33. The number of benzene rings is 2. The van der Waals surface area contributed by atoms with E-state index in [4.69, 9.17) is 11.5 Å². The lowest BCUT2D eigenvalue weighted by molar-refractivity contribution is -0.135. The van der Waals surface area contributed by atoms with E-state index < -0.39 is 83.5 Å². The van der Waals surface area contributed by atoms with Crippen molar-refractivity contribution in [2.45, 2.75) is 185 Å². The van der Waals surface area contributed by atoms with Gasteiger partial charge < -0.3 is 69.4 Å². The second-order valence-corrected chi connectivity index (χ2v) is 21.1. The Bertz CT molecular complexity index is 2680. The quantitative estimate of drug-likeness (QED) is 0.0173. The maximum atomic E-state index is 14.4. The van der Waals surface area contributed by atoms with Crippen molar-refractivity contribution in [2.24, 2.45) is 16.6 Å². The van der Waals surface area contributed by atoms with Crippen LogP contribution in [0.3, 0.4) is 0 Å². The number of rotatable bonds is 43. The molecule has 0 aliphatic carbocycles. The molecule has 0 radical (unpaired) electrons. The molecule has 0 aliphatic heterocycles. The summed E-state index contributed by atoms with van der Waals surface area (Å²) in [5, 5.41) is 26.5. The number of nitrogens with zero attached hydrogens (tertiary/aromatic N) is 2. The first kappa shape index (κ1) is 68.3. The number of nitrogens with two attached hydrogens (primary N) is 2. The van der Waals surface area contributed by atoms with Crippen molar-refractivity contribution in [3.8, 4) is 0 Å². The molecule has 9 amide bonds. The van der Waals surface area contributed by atoms with E-state index in [2.05, 4.69) is 74.9 Å². The Morgan fingerprint density at radius 1 is 0.583 bits per heavy atom. The number of H-pyrrole nitrogens is 2. The van der Waals surface area contributed by atoms with Gasteiger partial charge in [0.05, 0.1) is 6.33 Å². The van der Waals surface area contributed by atoms with Crippen LogP contribution in [0.5, 0.6) is 0 Å². The predicted molar refractivity (Wildman–Crippen MR) is 322 cm³/mol. The summed E-state index contributed by atoms with van der Waals surface area (Å²) >= 11 is 0. The Labute approximate surface area is 493 Å². The zero-order chi connectivity index (χ0) is 60.9. The second kappa shape index (κ2) is 39.4. The van der Waals surface area contributed by atoms with Gasteiger partial charge in [-0.1, -0.05) is 127 Å². The molecular weight excluding hydrogens is 1070 g/mol. The number of hydrogen-bond donors (Lipinski definition) is 13. The molecule has 0 saturated carbocycles. The van der Waals surface area contributed by atoms with Crippen LogP contribution in [0.15, 0.2) is 78.4 Å². The number of amides is 9. The van der Waals surface area contributed by atoms with Gasteiger partial charge in [-0.3, -0.25) is 43.2 Å². The van der Waals surface area contributed by atoms with Crippen molar-refractivity contribution < 1.29 is 43.2 Å². The highest BCUT2D eigenvalue weighted by atomic mass is 16.2. The third-order valence-electron chi connectivity index (χ3n) is 14.1. The van der Waals surface area contributed by atoms with Crippen LogP contribution in [0.2, 0.25) is 0 Å². The second-order valence-electron chi connectivity index (χ2n) is 21.1. The number of imidazole rings is 1. The van der Waals surface area contributed by atoms with E-state index in [1.807, 2.05) is 31.2 Å². The van der Waals surface area contributed by atoms with Crippen molar-refractivity contribution in [3.63, 3.8) is 0 Å². The minimum atomic E-state index is -1.33. The standard InChI is InChI=1S/C60H91N15O9/c1-4-6-8-9-10-11-12-13-17-29-52(76)64-31-22-32-65-53(77)38-68-69-39-54(78)71-47(26-7-5-2)57(81)70-41(3)56(80)74-51(35-44-37-63-40-67-44)60(84)75-50(33-42-23-15-14-16-24-42)59(83)72-48(28-20-21-30-61)58(82)73-49(55(62)79)34-43-36-66-46-27-19-18-25-45(43)46/h14-16,18-19,23-25,27,36-38,40-41,47-51,66,69H,4-13,17,20-22,26,28-35,39,61H2,1-3H3,(H2,62,79)(H,63,67)(H,64,76)(H,65,77)(H,70,81)(H,71,78)(H,72,83)(H,73,82)(H,74,80)(H,75,84)/b68-38+/t41-,47-,48-,49-,50+,51-/m0/s1. The van der Waals surface area contributed by atoms with Crippen molar-refractivity contribution in [3.05, 3.63) is 90.1 Å². The average molecular weight is 1170 g/mol. The number of fused-ring (bicyclic) bond motifs is 1. The van der Waals surface area contributed by atoms with Gasteiger partial charge in [0, 0.05) is 67.8 Å². The average Bonchev–Trinajstić information content (AvgIpc) is 4.29. The van der Waals surface area contributed by atoms with Crippen LogP contribution in [-0.2, 0) is 62.4 Å². The number of hydrazone groups is 1.